The molecule has 0 fully saturated rings. The van der Waals surface area contributed by atoms with Crippen LogP contribution < -0.4 is 0 Å². The van der Waals surface area contributed by atoms with Gasteiger partial charge in [-0.25, -0.2) is 4.79 Å². The second-order valence-electron chi connectivity index (χ2n) is 3.24. The molecule has 1 N–H and O–H groups in total. The van der Waals surface area contributed by atoms with Gasteiger partial charge in [0.15, 0.2) is 5.78 Å². The van der Waals surface area contributed by atoms with E-state index in [9.17, 15) is 9.59 Å². The normalized spacial score (nSPS) is 10.7. The van der Waals surface area contributed by atoms with Crippen molar-refractivity contribution < 1.29 is 14.7 Å². The van der Waals surface area contributed by atoms with E-state index in [2.05, 4.69) is 31.9 Å². The van der Waals surface area contributed by atoms with E-state index in [1.54, 1.807) is 18.2 Å². The van der Waals surface area contributed by atoms with Crippen LogP contribution in [0.1, 0.15) is 22.3 Å². The molecule has 1 aromatic carbocycles. The summed E-state index contributed by atoms with van der Waals surface area (Å²) in [5.74, 6) is -1.01. The Balaban J connectivity index is 3.07. The van der Waals surface area contributed by atoms with Crippen molar-refractivity contribution in [2.24, 2.45) is 0 Å². The molecule has 0 aliphatic rings. The minimum absolute atomic E-state index is 0.0133. The van der Waals surface area contributed by atoms with Gasteiger partial charge in [0.25, 0.3) is 0 Å². The molecule has 90 valence electrons. The first-order valence-corrected chi connectivity index (χ1v) is 6.76. The standard InChI is InChI=1S/C12H10Br2O3/c13-7-6-10(15)9-3-1-2-8(12(9)14)4-5-11(16)17/h1-5H,6-7H2,(H,16,17)/b5-4+. The molecule has 0 aromatic heterocycles. The summed E-state index contributed by atoms with van der Waals surface area (Å²) < 4.78 is 0.628. The third-order valence-electron chi connectivity index (χ3n) is 2.06. The molecule has 1 aromatic rings. The molecule has 3 nitrogen and oxygen atoms in total. The predicted octanol–water partition coefficient (Wildman–Crippen LogP) is 3.51. The summed E-state index contributed by atoms with van der Waals surface area (Å²) in [4.78, 5) is 22.2. The molecular formula is C12H10Br2O3. The third-order valence-corrected chi connectivity index (χ3v) is 3.34. The minimum Gasteiger partial charge on any atom is -0.478 e. The first-order valence-electron chi connectivity index (χ1n) is 4.85. The fraction of sp³-hybridized carbons (Fsp3) is 0.167. The van der Waals surface area contributed by atoms with E-state index >= 15 is 0 Å². The highest BCUT2D eigenvalue weighted by atomic mass is 79.9. The fourth-order valence-corrected chi connectivity index (χ4v) is 2.25. The molecule has 1 rings (SSSR count). The molecule has 0 saturated carbocycles. The number of halogens is 2. The van der Waals surface area contributed by atoms with Crippen LogP contribution in [0.4, 0.5) is 0 Å². The summed E-state index contributed by atoms with van der Waals surface area (Å²) in [6.45, 7) is 0. The van der Waals surface area contributed by atoms with Crippen molar-refractivity contribution in [2.45, 2.75) is 6.42 Å². The van der Waals surface area contributed by atoms with Gasteiger partial charge in [0.1, 0.15) is 0 Å². The lowest BCUT2D eigenvalue weighted by Gasteiger charge is -2.05. The summed E-state index contributed by atoms with van der Waals surface area (Å²) in [7, 11) is 0. The van der Waals surface area contributed by atoms with Crippen molar-refractivity contribution in [2.75, 3.05) is 5.33 Å². The number of aliphatic carboxylic acids is 1. The summed E-state index contributed by atoms with van der Waals surface area (Å²) in [6, 6.07) is 5.19. The molecule has 0 heterocycles. The second-order valence-corrected chi connectivity index (χ2v) is 4.83. The van der Waals surface area contributed by atoms with Gasteiger partial charge < -0.3 is 5.11 Å². The van der Waals surface area contributed by atoms with Gasteiger partial charge in [-0.15, -0.1) is 0 Å². The number of ketones is 1. The van der Waals surface area contributed by atoms with Crippen LogP contribution in [0.3, 0.4) is 0 Å². The number of Topliss-reactive ketones (excluding diaryl/α,β-unsaturated/α-hetero) is 1. The van der Waals surface area contributed by atoms with E-state index in [-0.39, 0.29) is 5.78 Å². The third kappa shape index (κ3) is 4.09. The monoisotopic (exact) mass is 360 g/mol. The van der Waals surface area contributed by atoms with E-state index in [0.717, 1.165) is 6.08 Å². The van der Waals surface area contributed by atoms with Gasteiger partial charge in [-0.05, 0) is 27.6 Å². The maximum atomic E-state index is 11.8. The number of hydrogen-bond donors (Lipinski definition) is 1. The van der Waals surface area contributed by atoms with E-state index in [1.165, 1.54) is 6.08 Å². The lowest BCUT2D eigenvalue weighted by Crippen LogP contribution is -2.01. The van der Waals surface area contributed by atoms with Gasteiger partial charge in [-0.1, -0.05) is 34.1 Å². The molecule has 0 amide bonds. The molecular weight excluding hydrogens is 352 g/mol. The number of benzene rings is 1. The van der Waals surface area contributed by atoms with Crippen LogP contribution in [0.15, 0.2) is 28.7 Å². The Morgan fingerprint density at radius 3 is 2.65 bits per heavy atom. The number of carbonyl (C=O) groups is 2. The number of carboxylic acids is 1. The summed E-state index contributed by atoms with van der Waals surface area (Å²) in [5.41, 5.74) is 1.24. The Kier molecular flexibility index (Phi) is 5.58. The first-order chi connectivity index (χ1) is 8.06. The Labute approximate surface area is 116 Å². The van der Waals surface area contributed by atoms with Crippen molar-refractivity contribution in [1.82, 2.24) is 0 Å². The average molecular weight is 362 g/mol. The minimum atomic E-state index is -1.02. The van der Waals surface area contributed by atoms with Crippen LogP contribution in [0.25, 0.3) is 6.08 Å². The highest BCUT2D eigenvalue weighted by molar-refractivity contribution is 9.10. The maximum Gasteiger partial charge on any atom is 0.328 e. The number of alkyl halides is 1. The molecule has 0 radical (unpaired) electrons. The van der Waals surface area contributed by atoms with Crippen molar-refractivity contribution in [3.05, 3.63) is 39.9 Å². The van der Waals surface area contributed by atoms with Gasteiger partial charge in [0, 0.05) is 27.9 Å². The predicted molar refractivity (Wildman–Crippen MR) is 73.6 cm³/mol. The van der Waals surface area contributed by atoms with E-state index in [0.29, 0.717) is 27.4 Å². The van der Waals surface area contributed by atoms with Crippen molar-refractivity contribution >= 4 is 49.7 Å². The van der Waals surface area contributed by atoms with Crippen LogP contribution in [-0.2, 0) is 4.79 Å². The van der Waals surface area contributed by atoms with Gasteiger partial charge in [-0.3, -0.25) is 4.79 Å². The van der Waals surface area contributed by atoms with Crippen LogP contribution in [0.5, 0.6) is 0 Å². The van der Waals surface area contributed by atoms with Crippen LogP contribution in [0, 0.1) is 0 Å². The number of carbonyl (C=O) groups excluding carboxylic acids is 1. The Morgan fingerprint density at radius 1 is 1.35 bits per heavy atom. The zero-order chi connectivity index (χ0) is 12.8. The fourth-order valence-electron chi connectivity index (χ4n) is 1.28. The summed E-state index contributed by atoms with van der Waals surface area (Å²) >= 11 is 6.53. The molecule has 0 aliphatic carbocycles. The van der Waals surface area contributed by atoms with Crippen LogP contribution in [-0.4, -0.2) is 22.2 Å². The smallest absolute Gasteiger partial charge is 0.328 e. The molecule has 0 aliphatic heterocycles. The highest BCUT2D eigenvalue weighted by Crippen LogP contribution is 2.24. The largest absolute Gasteiger partial charge is 0.478 e. The number of rotatable bonds is 5. The van der Waals surface area contributed by atoms with Crippen molar-refractivity contribution in [3.8, 4) is 0 Å². The second kappa shape index (κ2) is 6.71. The summed E-state index contributed by atoms with van der Waals surface area (Å²) in [6.07, 6.45) is 2.90. The van der Waals surface area contributed by atoms with Crippen molar-refractivity contribution in [3.63, 3.8) is 0 Å². The zero-order valence-corrected chi connectivity index (χ0v) is 12.0. The number of hydrogen-bond acceptors (Lipinski definition) is 2. The average Bonchev–Trinajstić information content (AvgIpc) is 2.27. The van der Waals surface area contributed by atoms with E-state index < -0.39 is 5.97 Å². The molecule has 0 atom stereocenters. The van der Waals surface area contributed by atoms with Crippen LogP contribution in [0.2, 0.25) is 0 Å². The van der Waals surface area contributed by atoms with E-state index in [4.69, 9.17) is 5.11 Å². The quantitative estimate of drug-likeness (QED) is 0.496. The van der Waals surface area contributed by atoms with Gasteiger partial charge in [0.2, 0.25) is 0 Å². The maximum absolute atomic E-state index is 11.8. The van der Waals surface area contributed by atoms with Gasteiger partial charge in [-0.2, -0.15) is 0 Å². The zero-order valence-electron chi connectivity index (χ0n) is 8.82. The van der Waals surface area contributed by atoms with Gasteiger partial charge in [0.05, 0.1) is 0 Å². The van der Waals surface area contributed by atoms with Crippen LogP contribution >= 0.6 is 31.9 Å². The van der Waals surface area contributed by atoms with E-state index in [1.807, 2.05) is 0 Å². The molecule has 0 spiro atoms. The lowest BCUT2D eigenvalue weighted by atomic mass is 10.1. The molecule has 17 heavy (non-hydrogen) atoms. The Morgan fingerprint density at radius 2 is 2.06 bits per heavy atom. The topological polar surface area (TPSA) is 54.4 Å². The molecule has 0 saturated heterocycles. The molecule has 0 bridgehead atoms. The highest BCUT2D eigenvalue weighted by Gasteiger charge is 2.11. The van der Waals surface area contributed by atoms with Gasteiger partial charge >= 0.3 is 5.97 Å². The van der Waals surface area contributed by atoms with Crippen molar-refractivity contribution in [1.29, 1.82) is 0 Å². The molecule has 5 heteroatoms. The Bertz CT molecular complexity index is 467. The first kappa shape index (κ1) is 14.1. The Hall–Kier alpha value is -0.940. The lowest BCUT2D eigenvalue weighted by molar-refractivity contribution is -0.131. The number of carboxylic acid groups (broad SMARTS) is 1. The molecule has 0 unspecified atom stereocenters. The summed E-state index contributed by atoms with van der Waals surface area (Å²) in [5, 5.41) is 9.16. The SMILES string of the molecule is O=C(O)/C=C/c1cccc(C(=O)CCBr)c1Br.